The molecule has 0 aliphatic carbocycles. The minimum absolute atomic E-state index is 0.203. The Morgan fingerprint density at radius 2 is 1.82 bits per heavy atom. The number of hydrogen-bond donors (Lipinski definition) is 1. The van der Waals surface area contributed by atoms with Crippen molar-refractivity contribution in [2.45, 2.75) is 70.6 Å². The fraction of sp³-hybridized carbons (Fsp3) is 0.938. The van der Waals surface area contributed by atoms with Gasteiger partial charge >= 0.3 is 6.09 Å². The summed E-state index contributed by atoms with van der Waals surface area (Å²) in [6, 6.07) is 0.771. The summed E-state index contributed by atoms with van der Waals surface area (Å²) in [5, 5.41) is 3.68. The average molecular weight is 330 g/mol. The number of rotatable bonds is 2. The van der Waals surface area contributed by atoms with E-state index in [1.807, 2.05) is 25.7 Å². The van der Waals surface area contributed by atoms with E-state index >= 15 is 0 Å². The van der Waals surface area contributed by atoms with Crippen LogP contribution in [0.5, 0.6) is 0 Å². The van der Waals surface area contributed by atoms with Gasteiger partial charge in [-0.2, -0.15) is 0 Å². The Labute approximate surface area is 136 Å². The van der Waals surface area contributed by atoms with Crippen LogP contribution in [0.15, 0.2) is 0 Å². The van der Waals surface area contributed by atoms with Crippen LogP contribution in [0.4, 0.5) is 4.79 Å². The van der Waals surface area contributed by atoms with E-state index in [4.69, 9.17) is 4.74 Å². The first kappa shape index (κ1) is 17.7. The summed E-state index contributed by atoms with van der Waals surface area (Å²) >= 11 is 0. The van der Waals surface area contributed by atoms with Gasteiger partial charge in [-0.05, 0) is 46.5 Å². The largest absolute Gasteiger partial charge is 0.444 e. The Bertz CT molecular complexity index is 399. The first-order chi connectivity index (χ1) is 10.3. The molecule has 0 bridgehead atoms. The normalized spacial score (nSPS) is 30.7. The summed E-state index contributed by atoms with van der Waals surface area (Å²) in [5.41, 5.74) is -0.445. The van der Waals surface area contributed by atoms with Gasteiger partial charge in [0.25, 0.3) is 0 Å². The molecule has 0 aromatic rings. The molecule has 2 heterocycles. The van der Waals surface area contributed by atoms with E-state index in [1.165, 1.54) is 0 Å². The van der Waals surface area contributed by atoms with Gasteiger partial charge in [-0.3, -0.25) is 4.21 Å². The lowest BCUT2D eigenvalue weighted by atomic mass is 10.1. The zero-order valence-corrected chi connectivity index (χ0v) is 14.9. The number of likely N-dealkylation sites (tertiary alicyclic amines) is 1. The van der Waals surface area contributed by atoms with E-state index in [0.717, 1.165) is 50.2 Å². The van der Waals surface area contributed by atoms with Crippen molar-refractivity contribution in [1.82, 2.24) is 10.2 Å². The lowest BCUT2D eigenvalue weighted by Crippen LogP contribution is -2.48. The van der Waals surface area contributed by atoms with Gasteiger partial charge in [-0.25, -0.2) is 4.79 Å². The second kappa shape index (κ2) is 7.77. The van der Waals surface area contributed by atoms with Crippen LogP contribution in [-0.2, 0) is 15.5 Å². The molecule has 2 aliphatic rings. The smallest absolute Gasteiger partial charge is 0.410 e. The van der Waals surface area contributed by atoms with Gasteiger partial charge in [-0.1, -0.05) is 6.42 Å². The van der Waals surface area contributed by atoms with Crippen LogP contribution in [0.2, 0.25) is 0 Å². The fourth-order valence-corrected chi connectivity index (χ4v) is 4.36. The summed E-state index contributed by atoms with van der Waals surface area (Å²) < 4.78 is 16.9. The second-order valence-corrected chi connectivity index (χ2v) is 9.10. The summed E-state index contributed by atoms with van der Waals surface area (Å²) in [6.07, 6.45) is 5.03. The van der Waals surface area contributed by atoms with Gasteiger partial charge in [0.2, 0.25) is 0 Å². The molecule has 1 unspecified atom stereocenters. The topological polar surface area (TPSA) is 58.6 Å². The molecule has 0 saturated carbocycles. The highest BCUT2D eigenvalue weighted by Gasteiger charge is 2.28. The van der Waals surface area contributed by atoms with E-state index in [-0.39, 0.29) is 6.09 Å². The van der Waals surface area contributed by atoms with Crippen molar-refractivity contribution in [2.24, 2.45) is 0 Å². The van der Waals surface area contributed by atoms with Crippen molar-refractivity contribution in [3.05, 3.63) is 0 Å². The third kappa shape index (κ3) is 5.88. The van der Waals surface area contributed by atoms with E-state index in [1.54, 1.807) is 0 Å². The molecule has 6 heteroatoms. The molecule has 2 fully saturated rings. The van der Waals surface area contributed by atoms with E-state index in [9.17, 15) is 9.00 Å². The maximum absolute atomic E-state index is 12.3. The van der Waals surface area contributed by atoms with Crippen LogP contribution in [-0.4, -0.2) is 57.5 Å². The number of carbonyl (C=O) groups is 1. The van der Waals surface area contributed by atoms with Crippen LogP contribution < -0.4 is 5.32 Å². The molecule has 2 saturated heterocycles. The third-order valence-electron chi connectivity index (χ3n) is 4.18. The molecule has 2 rings (SSSR count). The molecule has 22 heavy (non-hydrogen) atoms. The van der Waals surface area contributed by atoms with Crippen molar-refractivity contribution in [2.75, 3.05) is 24.6 Å². The van der Waals surface area contributed by atoms with Gasteiger partial charge in [0.1, 0.15) is 5.60 Å². The fourth-order valence-electron chi connectivity index (χ4n) is 3.06. The van der Waals surface area contributed by atoms with Gasteiger partial charge in [0, 0.05) is 47.5 Å². The highest BCUT2D eigenvalue weighted by atomic mass is 32.2. The first-order valence-electron chi connectivity index (χ1n) is 8.42. The van der Waals surface area contributed by atoms with Crippen LogP contribution in [0.3, 0.4) is 0 Å². The molecular weight excluding hydrogens is 300 g/mol. The Morgan fingerprint density at radius 1 is 1.14 bits per heavy atom. The molecule has 0 aromatic carbocycles. The molecular formula is C16H30N2O3S. The monoisotopic (exact) mass is 330 g/mol. The average Bonchev–Trinajstić information content (AvgIpc) is 2.65. The molecule has 1 amide bonds. The second-order valence-electron chi connectivity index (χ2n) is 7.41. The number of nitrogens with one attached hydrogen (secondary N) is 1. The molecule has 0 radical (unpaired) electrons. The molecule has 2 aliphatic heterocycles. The van der Waals surface area contributed by atoms with Gasteiger partial charge in [0.15, 0.2) is 0 Å². The molecule has 1 N–H and O–H groups in total. The van der Waals surface area contributed by atoms with Crippen molar-refractivity contribution in [3.8, 4) is 0 Å². The molecule has 5 nitrogen and oxygen atoms in total. The number of amides is 1. The van der Waals surface area contributed by atoms with Crippen LogP contribution in [0.1, 0.15) is 52.9 Å². The maximum Gasteiger partial charge on any atom is 0.410 e. The van der Waals surface area contributed by atoms with E-state index in [2.05, 4.69) is 5.32 Å². The Balaban J connectivity index is 1.86. The zero-order valence-electron chi connectivity index (χ0n) is 14.1. The van der Waals surface area contributed by atoms with Crippen molar-refractivity contribution < 1.29 is 13.7 Å². The summed E-state index contributed by atoms with van der Waals surface area (Å²) in [7, 11) is -0.621. The predicted octanol–water partition coefficient (Wildman–Crippen LogP) is 2.28. The highest BCUT2D eigenvalue weighted by Crippen LogP contribution is 2.17. The Hall–Kier alpha value is -0.620. The lowest BCUT2D eigenvalue weighted by Gasteiger charge is -2.31. The van der Waals surface area contributed by atoms with Crippen molar-refractivity contribution in [1.29, 1.82) is 0 Å². The zero-order chi connectivity index (χ0) is 16.2. The van der Waals surface area contributed by atoms with Crippen molar-refractivity contribution in [3.63, 3.8) is 0 Å². The Kier molecular flexibility index (Phi) is 6.26. The molecule has 128 valence electrons. The number of hydrogen-bond acceptors (Lipinski definition) is 4. The van der Waals surface area contributed by atoms with Gasteiger partial charge < -0.3 is 15.0 Å². The Morgan fingerprint density at radius 3 is 2.45 bits per heavy atom. The van der Waals surface area contributed by atoms with Crippen molar-refractivity contribution >= 4 is 16.9 Å². The molecule has 0 aromatic heterocycles. The number of carbonyl (C=O) groups excluding carboxylic acids is 1. The summed E-state index contributed by atoms with van der Waals surface area (Å²) in [4.78, 5) is 14.1. The van der Waals surface area contributed by atoms with Gasteiger partial charge in [-0.15, -0.1) is 0 Å². The number of ether oxygens (including phenoxy) is 1. The first-order valence-corrected chi connectivity index (χ1v) is 9.91. The van der Waals surface area contributed by atoms with Crippen LogP contribution in [0, 0.1) is 0 Å². The predicted molar refractivity (Wildman–Crippen MR) is 89.5 cm³/mol. The SMILES string of the molecule is CC(C)(C)OC(=O)N1CCCCC(NC2CCS(=O)CC2)C1. The molecule has 0 spiro atoms. The van der Waals surface area contributed by atoms with Gasteiger partial charge in [0.05, 0.1) is 0 Å². The standard InChI is InChI=1S/C16H30N2O3S/c1-16(2,3)21-15(19)18-9-5-4-6-14(12-18)17-13-7-10-22(20)11-8-13/h13-14,17H,4-12H2,1-3H3. The summed E-state index contributed by atoms with van der Waals surface area (Å²) in [5.74, 6) is 1.61. The lowest BCUT2D eigenvalue weighted by molar-refractivity contribution is 0.0241. The van der Waals surface area contributed by atoms with E-state index < -0.39 is 16.4 Å². The maximum atomic E-state index is 12.3. The third-order valence-corrected chi connectivity index (χ3v) is 5.56. The molecule has 1 atom stereocenters. The van der Waals surface area contributed by atoms with Crippen LogP contribution >= 0.6 is 0 Å². The summed E-state index contributed by atoms with van der Waals surface area (Å²) in [6.45, 7) is 7.21. The number of nitrogens with zero attached hydrogens (tertiary/aromatic N) is 1. The quantitative estimate of drug-likeness (QED) is 0.844. The highest BCUT2D eigenvalue weighted by molar-refractivity contribution is 7.85. The minimum Gasteiger partial charge on any atom is -0.444 e. The van der Waals surface area contributed by atoms with Crippen LogP contribution in [0.25, 0.3) is 0 Å². The van der Waals surface area contributed by atoms with E-state index in [0.29, 0.717) is 18.6 Å². The minimum atomic E-state index is -0.621.